The van der Waals surface area contributed by atoms with Gasteiger partial charge in [0.2, 0.25) is 23.6 Å². The summed E-state index contributed by atoms with van der Waals surface area (Å²) in [6, 6.07) is -1.15. The molecule has 0 heterocycles. The van der Waals surface area contributed by atoms with Gasteiger partial charge in [-0.25, -0.2) is 4.79 Å². The van der Waals surface area contributed by atoms with E-state index in [9.17, 15) is 38.7 Å². The van der Waals surface area contributed by atoms with Gasteiger partial charge < -0.3 is 50.4 Å². The van der Waals surface area contributed by atoms with Crippen molar-refractivity contribution in [2.45, 2.75) is 129 Å². The number of hydrogen-bond acceptors (Lipinski definition) is 11. The molecule has 0 spiro atoms. The second-order valence-corrected chi connectivity index (χ2v) is 13.8. The molecule has 17 heteroatoms. The van der Waals surface area contributed by atoms with Crippen LogP contribution in [-0.4, -0.2) is 130 Å². The van der Waals surface area contributed by atoms with Crippen molar-refractivity contribution >= 4 is 41.4 Å². The predicted molar refractivity (Wildman–Crippen MR) is 208 cm³/mol. The normalized spacial score (nSPS) is 12.0. The highest BCUT2D eigenvalue weighted by molar-refractivity contribution is 5.84. The lowest BCUT2D eigenvalue weighted by Crippen LogP contribution is -2.41. The molecular weight excluding hydrogens is 732 g/mol. The highest BCUT2D eigenvalue weighted by Crippen LogP contribution is 2.12. The van der Waals surface area contributed by atoms with Gasteiger partial charge in [-0.3, -0.25) is 28.8 Å². The zero-order valence-electron chi connectivity index (χ0n) is 33.8. The summed E-state index contributed by atoms with van der Waals surface area (Å²) in [7, 11) is 0. The zero-order valence-corrected chi connectivity index (χ0v) is 33.8. The second kappa shape index (κ2) is 36.9. The van der Waals surface area contributed by atoms with E-state index in [1.54, 1.807) is 6.92 Å². The molecule has 324 valence electrons. The average Bonchev–Trinajstić information content (AvgIpc) is 3.15. The van der Waals surface area contributed by atoms with Crippen LogP contribution in [0.4, 0.5) is 0 Å². The molecule has 0 aliphatic heterocycles. The number of carboxylic acids is 2. The van der Waals surface area contributed by atoms with Crippen LogP contribution in [0.15, 0.2) is 0 Å². The molecule has 0 aromatic rings. The standard InChI is InChI=1S/C39H70N4O13/c1-31(32(2)44)15-13-14-20-40-36(47)29-55-27-26-54-24-22-42-37(48)30-56-28-25-53-23-21-41-34(45)19-18-33(39(51)52)43-35(46)16-11-9-7-5-3-4-6-8-10-12-17-38(49)50/h31,33H,3-30H2,1-2H3,(H,40,47)(H,41,45)(H,42,48)(H,43,46)(H,49,50)(H,51,52)/t31-,33-/m0/s1. The van der Waals surface area contributed by atoms with Gasteiger partial charge in [0.1, 0.15) is 25.0 Å². The van der Waals surface area contributed by atoms with Crippen LogP contribution < -0.4 is 21.3 Å². The van der Waals surface area contributed by atoms with E-state index in [1.807, 2.05) is 6.92 Å². The number of amides is 4. The van der Waals surface area contributed by atoms with E-state index in [4.69, 9.17) is 24.1 Å². The molecule has 17 nitrogen and oxygen atoms in total. The number of ether oxygens (including phenoxy) is 4. The second-order valence-electron chi connectivity index (χ2n) is 13.8. The summed E-state index contributed by atoms with van der Waals surface area (Å²) >= 11 is 0. The van der Waals surface area contributed by atoms with Crippen molar-refractivity contribution in [1.82, 2.24) is 21.3 Å². The first-order chi connectivity index (χ1) is 26.9. The van der Waals surface area contributed by atoms with Gasteiger partial charge in [0.05, 0.1) is 39.6 Å². The van der Waals surface area contributed by atoms with Crippen LogP contribution in [0.1, 0.15) is 123 Å². The van der Waals surface area contributed by atoms with Crippen molar-refractivity contribution in [1.29, 1.82) is 0 Å². The number of carboxylic acid groups (broad SMARTS) is 2. The van der Waals surface area contributed by atoms with E-state index < -0.39 is 18.0 Å². The summed E-state index contributed by atoms with van der Waals surface area (Å²) in [5.74, 6) is -2.95. The molecule has 0 rings (SSSR count). The van der Waals surface area contributed by atoms with Crippen LogP contribution >= 0.6 is 0 Å². The minimum absolute atomic E-state index is 0.0349. The maximum atomic E-state index is 12.2. The monoisotopic (exact) mass is 802 g/mol. The fraction of sp³-hybridized carbons (Fsp3) is 0.821. The Hall–Kier alpha value is -3.67. The van der Waals surface area contributed by atoms with E-state index in [0.29, 0.717) is 13.0 Å². The number of ketones is 1. The summed E-state index contributed by atoms with van der Waals surface area (Å²) in [6.45, 7) is 5.64. The maximum Gasteiger partial charge on any atom is 0.326 e. The van der Waals surface area contributed by atoms with E-state index >= 15 is 0 Å². The zero-order chi connectivity index (χ0) is 41.7. The molecule has 0 aliphatic rings. The third-order valence-electron chi connectivity index (χ3n) is 8.77. The number of nitrogens with one attached hydrogen (secondary N) is 4. The fourth-order valence-corrected chi connectivity index (χ4v) is 5.27. The Balaban J connectivity index is 3.66. The summed E-state index contributed by atoms with van der Waals surface area (Å²) in [5.41, 5.74) is 0. The Morgan fingerprint density at radius 1 is 0.482 bits per heavy atom. The molecule has 0 bridgehead atoms. The molecule has 0 aromatic carbocycles. The molecule has 0 saturated heterocycles. The van der Waals surface area contributed by atoms with E-state index in [2.05, 4.69) is 21.3 Å². The molecule has 0 aliphatic carbocycles. The van der Waals surface area contributed by atoms with Crippen molar-refractivity contribution in [2.75, 3.05) is 72.5 Å². The van der Waals surface area contributed by atoms with E-state index in [0.717, 1.165) is 77.0 Å². The first-order valence-corrected chi connectivity index (χ1v) is 20.3. The maximum absolute atomic E-state index is 12.2. The van der Waals surface area contributed by atoms with Gasteiger partial charge in [-0.2, -0.15) is 0 Å². The minimum Gasteiger partial charge on any atom is -0.481 e. The highest BCUT2D eigenvalue weighted by Gasteiger charge is 2.20. The molecular formula is C39H70N4O13. The van der Waals surface area contributed by atoms with Crippen LogP contribution in [0.3, 0.4) is 0 Å². The Bertz CT molecular complexity index is 1110. The number of aliphatic carboxylic acids is 2. The molecule has 0 fully saturated rings. The topological polar surface area (TPSA) is 245 Å². The van der Waals surface area contributed by atoms with Gasteiger partial charge in [0.15, 0.2) is 0 Å². The Morgan fingerprint density at radius 2 is 0.946 bits per heavy atom. The fourth-order valence-electron chi connectivity index (χ4n) is 5.27. The summed E-state index contributed by atoms with van der Waals surface area (Å²) in [5, 5.41) is 28.7. The van der Waals surface area contributed by atoms with Crippen LogP contribution in [0.2, 0.25) is 0 Å². The molecule has 0 aromatic heterocycles. The Labute approximate surface area is 332 Å². The molecule has 4 amide bonds. The van der Waals surface area contributed by atoms with Gasteiger partial charge in [-0.05, 0) is 39.0 Å². The van der Waals surface area contributed by atoms with Crippen molar-refractivity contribution in [2.24, 2.45) is 5.92 Å². The number of hydrogen-bond donors (Lipinski definition) is 6. The number of unbranched alkanes of at least 4 members (excludes halogenated alkanes) is 10. The quantitative estimate of drug-likeness (QED) is 0.0489. The molecule has 2 atom stereocenters. The summed E-state index contributed by atoms with van der Waals surface area (Å²) in [6.07, 6.45) is 12.5. The van der Waals surface area contributed by atoms with Gasteiger partial charge in [-0.1, -0.05) is 64.7 Å². The van der Waals surface area contributed by atoms with Crippen molar-refractivity contribution in [3.05, 3.63) is 0 Å². The van der Waals surface area contributed by atoms with Gasteiger partial charge >= 0.3 is 11.9 Å². The van der Waals surface area contributed by atoms with Gasteiger partial charge in [0, 0.05) is 44.8 Å². The molecule has 6 N–H and O–H groups in total. The van der Waals surface area contributed by atoms with E-state index in [1.165, 1.54) is 0 Å². The first-order valence-electron chi connectivity index (χ1n) is 20.3. The number of carbonyl (C=O) groups is 7. The van der Waals surface area contributed by atoms with Crippen LogP contribution in [0.5, 0.6) is 0 Å². The Kier molecular flexibility index (Phi) is 34.5. The first kappa shape index (κ1) is 52.3. The number of rotatable bonds is 40. The third kappa shape index (κ3) is 36.0. The van der Waals surface area contributed by atoms with Gasteiger partial charge in [-0.15, -0.1) is 0 Å². The molecule has 0 unspecified atom stereocenters. The van der Waals surface area contributed by atoms with Crippen LogP contribution in [0.25, 0.3) is 0 Å². The van der Waals surface area contributed by atoms with Crippen molar-refractivity contribution < 1.29 is 62.7 Å². The number of carbonyl (C=O) groups excluding carboxylic acids is 5. The SMILES string of the molecule is CC(=O)[C@@H](C)CCCCNC(=O)COCCOCCNC(=O)COCCOCCNC(=O)CC[C@H](NC(=O)CCCCCCCCCCCCC(=O)O)C(=O)O. The van der Waals surface area contributed by atoms with Crippen molar-refractivity contribution in [3.63, 3.8) is 0 Å². The summed E-state index contributed by atoms with van der Waals surface area (Å²) in [4.78, 5) is 81.3. The van der Waals surface area contributed by atoms with Crippen molar-refractivity contribution in [3.8, 4) is 0 Å². The summed E-state index contributed by atoms with van der Waals surface area (Å²) < 4.78 is 21.3. The average molecular weight is 803 g/mol. The third-order valence-corrected chi connectivity index (χ3v) is 8.77. The molecule has 0 saturated carbocycles. The lowest BCUT2D eigenvalue weighted by atomic mass is 10.0. The van der Waals surface area contributed by atoms with Crippen LogP contribution in [-0.2, 0) is 52.5 Å². The smallest absolute Gasteiger partial charge is 0.326 e. The lowest BCUT2D eigenvalue weighted by Gasteiger charge is -2.14. The molecule has 0 radical (unpaired) electrons. The highest BCUT2D eigenvalue weighted by atomic mass is 16.5. The number of Topliss-reactive ketones (excluding diaryl/α,β-unsaturated/α-hetero) is 1. The van der Waals surface area contributed by atoms with Crippen LogP contribution in [0, 0.1) is 5.92 Å². The predicted octanol–water partition coefficient (Wildman–Crippen LogP) is 2.91. The van der Waals surface area contributed by atoms with E-state index in [-0.39, 0.29) is 127 Å². The van der Waals surface area contributed by atoms with Gasteiger partial charge in [0.25, 0.3) is 0 Å². The minimum atomic E-state index is -1.19. The largest absolute Gasteiger partial charge is 0.481 e. The Morgan fingerprint density at radius 3 is 1.45 bits per heavy atom. The lowest BCUT2D eigenvalue weighted by molar-refractivity contribution is -0.142. The molecule has 56 heavy (non-hydrogen) atoms.